The summed E-state index contributed by atoms with van der Waals surface area (Å²) in [6.45, 7) is 0. The van der Waals surface area contributed by atoms with E-state index in [4.69, 9.17) is 0 Å². The van der Waals surface area contributed by atoms with Crippen LogP contribution in [0.3, 0.4) is 0 Å². The minimum absolute atomic E-state index is 1.67. The third kappa shape index (κ3) is 2.93. The molecule has 0 aliphatic heterocycles. The fraction of sp³-hybridized carbons (Fsp3) is 0.333. The zero-order valence-electron chi connectivity index (χ0n) is 8.57. The van der Waals surface area contributed by atoms with Crippen molar-refractivity contribution < 1.29 is 35.1 Å². The molecular weight excluding hydrogens is 324 g/mol. The van der Waals surface area contributed by atoms with Crippen LogP contribution in [0.4, 0.5) is 35.1 Å². The van der Waals surface area contributed by atoms with Gasteiger partial charge in [-0.2, -0.15) is 38.4 Å². The molecule has 0 radical (unpaired) electrons. The highest BCUT2D eigenvalue weighted by atomic mass is 32.1. The fourth-order valence-electron chi connectivity index (χ4n) is 1.22. The quantitative estimate of drug-likeness (QED) is 0.345. The average Bonchev–Trinajstić information content (AvgIpc) is 2.31. The van der Waals surface area contributed by atoms with E-state index < -0.39 is 51.3 Å². The van der Waals surface area contributed by atoms with E-state index in [9.17, 15) is 35.1 Å². The summed E-state index contributed by atoms with van der Waals surface area (Å²) >= 11 is 6.28. The average molecular weight is 328 g/mol. The van der Waals surface area contributed by atoms with Crippen LogP contribution in [0.15, 0.2) is 0 Å². The van der Waals surface area contributed by atoms with Gasteiger partial charge >= 0.3 is 6.18 Å². The molecule has 0 nitrogen and oxygen atoms in total. The Morgan fingerprint density at radius 3 is 1.32 bits per heavy atom. The van der Waals surface area contributed by atoms with Crippen molar-refractivity contribution in [2.24, 2.45) is 0 Å². The SMILES string of the molecule is Fc1c(F)c(F)c(C(S)C(S)C(F)(F)F)c(F)c1F. The molecule has 1 rings (SSSR count). The van der Waals surface area contributed by atoms with Crippen molar-refractivity contribution in [3.05, 3.63) is 34.6 Å². The molecule has 0 saturated heterocycles. The highest BCUT2D eigenvalue weighted by Gasteiger charge is 2.44. The highest BCUT2D eigenvalue weighted by molar-refractivity contribution is 7.85. The normalized spacial score (nSPS) is 15.5. The lowest BCUT2D eigenvalue weighted by atomic mass is 10.1. The maximum atomic E-state index is 13.2. The molecule has 2 unspecified atom stereocenters. The van der Waals surface area contributed by atoms with Gasteiger partial charge in [-0.3, -0.25) is 0 Å². The largest absolute Gasteiger partial charge is 0.401 e. The van der Waals surface area contributed by atoms with Crippen molar-refractivity contribution in [3.63, 3.8) is 0 Å². The monoisotopic (exact) mass is 328 g/mol. The standard InChI is InChI=1S/C9H4F8S2/c10-2-1(7(18)8(19)9(15,16)17)3(11)5(13)6(14)4(2)12/h7-8,18-19H. The molecule has 0 spiro atoms. The molecule has 2 atom stereocenters. The number of hydrogen-bond acceptors (Lipinski definition) is 2. The van der Waals surface area contributed by atoms with Crippen LogP contribution in [0.1, 0.15) is 10.8 Å². The molecular formula is C9H4F8S2. The third-order valence-corrected chi connectivity index (χ3v) is 3.56. The summed E-state index contributed by atoms with van der Waals surface area (Å²) < 4.78 is 102. The van der Waals surface area contributed by atoms with Gasteiger partial charge in [0.05, 0.1) is 5.25 Å². The van der Waals surface area contributed by atoms with Crippen molar-refractivity contribution in [3.8, 4) is 0 Å². The molecule has 0 aliphatic carbocycles. The molecule has 1 aromatic rings. The minimum Gasteiger partial charge on any atom is -0.203 e. The maximum Gasteiger partial charge on any atom is 0.401 e. The second kappa shape index (κ2) is 5.39. The van der Waals surface area contributed by atoms with Crippen LogP contribution in [0, 0.1) is 29.1 Å². The van der Waals surface area contributed by atoms with Gasteiger partial charge < -0.3 is 0 Å². The number of alkyl halides is 3. The number of rotatable bonds is 2. The van der Waals surface area contributed by atoms with E-state index in [-0.39, 0.29) is 0 Å². The van der Waals surface area contributed by atoms with Crippen molar-refractivity contribution in [2.75, 3.05) is 0 Å². The van der Waals surface area contributed by atoms with Crippen molar-refractivity contribution in [1.82, 2.24) is 0 Å². The first kappa shape index (κ1) is 16.4. The Bertz CT molecular complexity index is 469. The molecule has 0 aromatic heterocycles. The molecule has 0 amide bonds. The van der Waals surface area contributed by atoms with Gasteiger partial charge in [0.15, 0.2) is 23.3 Å². The molecule has 0 saturated carbocycles. The van der Waals surface area contributed by atoms with E-state index in [1.54, 1.807) is 0 Å². The summed E-state index contributed by atoms with van der Waals surface area (Å²) in [6.07, 6.45) is -5.03. The minimum atomic E-state index is -5.03. The molecule has 19 heavy (non-hydrogen) atoms. The lowest BCUT2D eigenvalue weighted by Gasteiger charge is -2.22. The van der Waals surface area contributed by atoms with E-state index in [0.717, 1.165) is 0 Å². The molecule has 0 fully saturated rings. The summed E-state index contributed by atoms with van der Waals surface area (Å²) in [5.41, 5.74) is -1.67. The topological polar surface area (TPSA) is 0 Å². The Morgan fingerprint density at radius 1 is 0.684 bits per heavy atom. The van der Waals surface area contributed by atoms with E-state index in [1.165, 1.54) is 0 Å². The van der Waals surface area contributed by atoms with Gasteiger partial charge in [0.1, 0.15) is 5.25 Å². The number of thiol groups is 2. The number of benzene rings is 1. The fourth-order valence-corrected chi connectivity index (χ4v) is 1.76. The Kier molecular flexibility index (Phi) is 4.66. The maximum absolute atomic E-state index is 13.2. The van der Waals surface area contributed by atoms with Crippen molar-refractivity contribution >= 4 is 25.3 Å². The third-order valence-electron chi connectivity index (χ3n) is 2.17. The Hall–Kier alpha value is -0.640. The summed E-state index contributed by atoms with van der Waals surface area (Å²) in [7, 11) is 0. The first-order valence-corrected chi connectivity index (χ1v) is 5.47. The summed E-state index contributed by atoms with van der Waals surface area (Å²) in [4.78, 5) is 0. The van der Waals surface area contributed by atoms with Gasteiger partial charge in [-0.05, 0) is 0 Å². The molecule has 0 heterocycles. The number of hydrogen-bond donors (Lipinski definition) is 2. The molecule has 10 heteroatoms. The highest BCUT2D eigenvalue weighted by Crippen LogP contribution is 2.41. The number of halogens is 8. The van der Waals surface area contributed by atoms with Crippen LogP contribution in [-0.2, 0) is 0 Å². The lowest BCUT2D eigenvalue weighted by molar-refractivity contribution is -0.128. The predicted molar refractivity (Wildman–Crippen MR) is 56.8 cm³/mol. The van der Waals surface area contributed by atoms with Crippen LogP contribution >= 0.6 is 25.3 Å². The van der Waals surface area contributed by atoms with Gasteiger partial charge in [-0.25, -0.2) is 22.0 Å². The second-order valence-corrected chi connectivity index (χ2v) is 4.53. The van der Waals surface area contributed by atoms with Gasteiger partial charge in [0, 0.05) is 5.56 Å². The van der Waals surface area contributed by atoms with Crippen molar-refractivity contribution in [1.29, 1.82) is 0 Å². The Morgan fingerprint density at radius 2 is 1.00 bits per heavy atom. The summed E-state index contributed by atoms with van der Waals surface area (Å²) in [5.74, 6) is -11.9. The Labute approximate surface area is 112 Å². The molecule has 108 valence electrons. The van der Waals surface area contributed by atoms with Crippen molar-refractivity contribution in [2.45, 2.75) is 16.7 Å². The van der Waals surface area contributed by atoms with E-state index in [1.807, 2.05) is 0 Å². The lowest BCUT2D eigenvalue weighted by Crippen LogP contribution is -2.29. The van der Waals surface area contributed by atoms with Gasteiger partial charge in [-0.1, -0.05) is 0 Å². The zero-order chi connectivity index (χ0) is 15.1. The van der Waals surface area contributed by atoms with Crippen LogP contribution in [0.5, 0.6) is 0 Å². The van der Waals surface area contributed by atoms with Crippen LogP contribution < -0.4 is 0 Å². The first-order valence-electron chi connectivity index (χ1n) is 4.44. The van der Waals surface area contributed by atoms with E-state index >= 15 is 0 Å². The summed E-state index contributed by atoms with van der Waals surface area (Å²) in [6, 6.07) is 0. The molecule has 0 bridgehead atoms. The van der Waals surface area contributed by atoms with Crippen LogP contribution in [0.25, 0.3) is 0 Å². The first-order chi connectivity index (χ1) is 8.50. The van der Waals surface area contributed by atoms with Gasteiger partial charge in [0.25, 0.3) is 0 Å². The van der Waals surface area contributed by atoms with Gasteiger partial charge in [-0.15, -0.1) is 0 Å². The molecule has 1 aromatic carbocycles. The zero-order valence-corrected chi connectivity index (χ0v) is 10.4. The molecule has 0 N–H and O–H groups in total. The molecule has 0 aliphatic rings. The second-order valence-electron chi connectivity index (χ2n) is 3.41. The van der Waals surface area contributed by atoms with E-state index in [2.05, 4.69) is 25.3 Å². The van der Waals surface area contributed by atoms with Gasteiger partial charge in [0.2, 0.25) is 5.82 Å². The predicted octanol–water partition coefficient (Wildman–Crippen LogP) is 4.21. The smallest absolute Gasteiger partial charge is 0.203 e. The van der Waals surface area contributed by atoms with E-state index in [0.29, 0.717) is 0 Å². The van der Waals surface area contributed by atoms with Crippen LogP contribution in [-0.4, -0.2) is 11.4 Å². The summed E-state index contributed by atoms with van der Waals surface area (Å²) in [5, 5.41) is -5.06. The van der Waals surface area contributed by atoms with Crippen LogP contribution in [0.2, 0.25) is 0 Å². The Balaban J connectivity index is 3.44.